The second-order valence-corrected chi connectivity index (χ2v) is 3.99. The van der Waals surface area contributed by atoms with Crippen LogP contribution in [0.4, 0.5) is 5.69 Å². The average molecular weight is 262 g/mol. The van der Waals surface area contributed by atoms with Crippen molar-refractivity contribution in [1.82, 2.24) is 0 Å². The van der Waals surface area contributed by atoms with Gasteiger partial charge in [-0.2, -0.15) is 5.26 Å². The molecule has 0 spiro atoms. The Bertz CT molecular complexity index is 480. The van der Waals surface area contributed by atoms with Crippen molar-refractivity contribution in [3.8, 4) is 11.8 Å². The van der Waals surface area contributed by atoms with Crippen molar-refractivity contribution >= 4 is 11.7 Å². The number of carbonyl (C=O) groups is 1. The van der Waals surface area contributed by atoms with Gasteiger partial charge in [-0.1, -0.05) is 6.92 Å². The van der Waals surface area contributed by atoms with Gasteiger partial charge in [-0.05, 0) is 18.6 Å². The Morgan fingerprint density at radius 2 is 2.16 bits per heavy atom. The predicted molar refractivity (Wildman–Crippen MR) is 72.2 cm³/mol. The third kappa shape index (κ3) is 3.88. The van der Waals surface area contributed by atoms with E-state index in [0.29, 0.717) is 23.5 Å². The van der Waals surface area contributed by atoms with Crippen LogP contribution in [0.3, 0.4) is 0 Å². The summed E-state index contributed by atoms with van der Waals surface area (Å²) in [5, 5.41) is 9.16. The van der Waals surface area contributed by atoms with Crippen LogP contribution in [-0.2, 0) is 9.53 Å². The van der Waals surface area contributed by atoms with E-state index in [1.807, 2.05) is 11.8 Å². The van der Waals surface area contributed by atoms with Gasteiger partial charge in [0, 0.05) is 12.6 Å². The number of anilines is 1. The Morgan fingerprint density at radius 3 is 2.68 bits per heavy atom. The zero-order chi connectivity index (χ0) is 14.3. The van der Waals surface area contributed by atoms with Crippen LogP contribution >= 0.6 is 0 Å². The molecule has 0 radical (unpaired) electrons. The second kappa shape index (κ2) is 7.27. The third-order valence-electron chi connectivity index (χ3n) is 2.71. The number of nitrogens with zero attached hydrogens (tertiary/aromatic N) is 2. The summed E-state index contributed by atoms with van der Waals surface area (Å²) in [5.41, 5.74) is 1.20. The van der Waals surface area contributed by atoms with Gasteiger partial charge < -0.3 is 14.4 Å². The van der Waals surface area contributed by atoms with Gasteiger partial charge in [0.15, 0.2) is 0 Å². The number of benzene rings is 1. The molecule has 0 N–H and O–H groups in total. The Balaban J connectivity index is 3.12. The topological polar surface area (TPSA) is 62.6 Å². The lowest BCUT2D eigenvalue weighted by molar-refractivity contribution is -0.138. The number of rotatable bonds is 6. The summed E-state index contributed by atoms with van der Waals surface area (Å²) in [6.07, 6.45) is 0.860. The SMILES string of the molecule is CCCN(CC(=O)OC)c1cc(OC)ccc1C#N. The Hall–Kier alpha value is -2.22. The molecule has 0 heterocycles. The summed E-state index contributed by atoms with van der Waals surface area (Å²) in [6.45, 7) is 2.79. The van der Waals surface area contributed by atoms with Crippen molar-refractivity contribution in [2.75, 3.05) is 32.2 Å². The average Bonchev–Trinajstić information content (AvgIpc) is 2.45. The molecule has 0 atom stereocenters. The Kier molecular flexibility index (Phi) is 5.68. The van der Waals surface area contributed by atoms with Crippen LogP contribution < -0.4 is 9.64 Å². The molecular formula is C14H18N2O3. The predicted octanol–water partition coefficient (Wildman–Crippen LogP) is 1.96. The highest BCUT2D eigenvalue weighted by molar-refractivity contribution is 5.77. The number of ether oxygens (including phenoxy) is 2. The minimum atomic E-state index is -0.333. The minimum Gasteiger partial charge on any atom is -0.497 e. The molecule has 0 saturated carbocycles. The normalized spacial score (nSPS) is 9.58. The van der Waals surface area contributed by atoms with Crippen LogP contribution in [0.25, 0.3) is 0 Å². The molecule has 0 aromatic heterocycles. The lowest BCUT2D eigenvalue weighted by Crippen LogP contribution is -2.31. The van der Waals surface area contributed by atoms with Crippen LogP contribution in [-0.4, -0.2) is 33.3 Å². The molecule has 1 aromatic rings. The first-order valence-corrected chi connectivity index (χ1v) is 6.06. The van der Waals surface area contributed by atoms with E-state index in [-0.39, 0.29) is 12.5 Å². The Labute approximate surface area is 113 Å². The summed E-state index contributed by atoms with van der Waals surface area (Å²) in [4.78, 5) is 13.3. The molecule has 0 amide bonds. The van der Waals surface area contributed by atoms with Gasteiger partial charge >= 0.3 is 5.97 Å². The fourth-order valence-electron chi connectivity index (χ4n) is 1.77. The van der Waals surface area contributed by atoms with E-state index >= 15 is 0 Å². The highest BCUT2D eigenvalue weighted by Gasteiger charge is 2.15. The third-order valence-corrected chi connectivity index (χ3v) is 2.71. The first-order valence-electron chi connectivity index (χ1n) is 6.06. The second-order valence-electron chi connectivity index (χ2n) is 3.99. The minimum absolute atomic E-state index is 0.117. The van der Waals surface area contributed by atoms with E-state index in [0.717, 1.165) is 6.42 Å². The zero-order valence-electron chi connectivity index (χ0n) is 11.5. The molecule has 0 fully saturated rings. The van der Waals surface area contributed by atoms with Crippen molar-refractivity contribution in [3.63, 3.8) is 0 Å². The largest absolute Gasteiger partial charge is 0.497 e. The van der Waals surface area contributed by atoms with Gasteiger partial charge in [0.2, 0.25) is 0 Å². The first kappa shape index (κ1) is 14.8. The number of hydrogen-bond acceptors (Lipinski definition) is 5. The first-order chi connectivity index (χ1) is 9.15. The van der Waals surface area contributed by atoms with E-state index in [1.54, 1.807) is 25.3 Å². The fraction of sp³-hybridized carbons (Fsp3) is 0.429. The molecule has 19 heavy (non-hydrogen) atoms. The number of methoxy groups -OCH3 is 2. The van der Waals surface area contributed by atoms with E-state index in [2.05, 4.69) is 10.8 Å². The van der Waals surface area contributed by atoms with E-state index in [1.165, 1.54) is 7.11 Å². The molecule has 0 aliphatic rings. The van der Waals surface area contributed by atoms with Crippen molar-refractivity contribution in [2.45, 2.75) is 13.3 Å². The number of hydrogen-bond donors (Lipinski definition) is 0. The summed E-state index contributed by atoms with van der Waals surface area (Å²) in [6, 6.07) is 7.30. The van der Waals surface area contributed by atoms with Gasteiger partial charge in [0.05, 0.1) is 25.5 Å². The van der Waals surface area contributed by atoms with E-state index in [4.69, 9.17) is 10.00 Å². The van der Waals surface area contributed by atoms with Crippen LogP contribution in [0.1, 0.15) is 18.9 Å². The maximum absolute atomic E-state index is 11.4. The lowest BCUT2D eigenvalue weighted by atomic mass is 10.1. The Morgan fingerprint density at radius 1 is 1.42 bits per heavy atom. The van der Waals surface area contributed by atoms with Crippen molar-refractivity contribution in [3.05, 3.63) is 23.8 Å². The molecule has 102 valence electrons. The molecule has 0 saturated heterocycles. The molecule has 0 bridgehead atoms. The van der Waals surface area contributed by atoms with Gasteiger partial charge in [0.1, 0.15) is 18.4 Å². The van der Waals surface area contributed by atoms with Gasteiger partial charge in [-0.25, -0.2) is 0 Å². The summed E-state index contributed by atoms with van der Waals surface area (Å²) >= 11 is 0. The van der Waals surface area contributed by atoms with Gasteiger partial charge in [-0.15, -0.1) is 0 Å². The van der Waals surface area contributed by atoms with Crippen molar-refractivity contribution in [1.29, 1.82) is 5.26 Å². The number of carbonyl (C=O) groups excluding carboxylic acids is 1. The van der Waals surface area contributed by atoms with Crippen LogP contribution in [0.2, 0.25) is 0 Å². The van der Waals surface area contributed by atoms with Gasteiger partial charge in [0.25, 0.3) is 0 Å². The lowest BCUT2D eigenvalue weighted by Gasteiger charge is -2.24. The molecule has 0 aliphatic carbocycles. The molecule has 0 unspecified atom stereocenters. The van der Waals surface area contributed by atoms with Crippen molar-refractivity contribution < 1.29 is 14.3 Å². The number of esters is 1. The van der Waals surface area contributed by atoms with Gasteiger partial charge in [-0.3, -0.25) is 4.79 Å². The molecular weight excluding hydrogens is 244 g/mol. The van der Waals surface area contributed by atoms with Crippen LogP contribution in [0.15, 0.2) is 18.2 Å². The van der Waals surface area contributed by atoms with E-state index in [9.17, 15) is 4.79 Å². The molecule has 0 aliphatic heterocycles. The molecule has 5 heteroatoms. The summed E-state index contributed by atoms with van der Waals surface area (Å²) < 4.78 is 9.85. The summed E-state index contributed by atoms with van der Waals surface area (Å²) in [5.74, 6) is 0.320. The quantitative estimate of drug-likeness (QED) is 0.733. The maximum atomic E-state index is 11.4. The molecule has 1 rings (SSSR count). The molecule has 1 aromatic carbocycles. The smallest absolute Gasteiger partial charge is 0.325 e. The highest BCUT2D eigenvalue weighted by Crippen LogP contribution is 2.26. The maximum Gasteiger partial charge on any atom is 0.325 e. The highest BCUT2D eigenvalue weighted by atomic mass is 16.5. The monoisotopic (exact) mass is 262 g/mol. The van der Waals surface area contributed by atoms with Crippen molar-refractivity contribution in [2.24, 2.45) is 0 Å². The zero-order valence-corrected chi connectivity index (χ0v) is 11.5. The molecule has 5 nitrogen and oxygen atoms in total. The van der Waals surface area contributed by atoms with Crippen LogP contribution in [0.5, 0.6) is 5.75 Å². The van der Waals surface area contributed by atoms with E-state index < -0.39 is 0 Å². The van der Waals surface area contributed by atoms with Crippen LogP contribution in [0, 0.1) is 11.3 Å². The standard InChI is InChI=1S/C14H18N2O3/c1-4-7-16(10-14(17)19-3)13-8-12(18-2)6-5-11(13)9-15/h5-6,8H,4,7,10H2,1-3H3. The summed E-state index contributed by atoms with van der Waals surface area (Å²) in [7, 11) is 2.92. The fourth-order valence-corrected chi connectivity index (χ4v) is 1.77. The number of nitriles is 1.